The number of hydrogen-bond acceptors (Lipinski definition) is 8. The third-order valence-corrected chi connectivity index (χ3v) is 6.01. The normalized spacial score (nSPS) is 16.5. The predicted molar refractivity (Wildman–Crippen MR) is 124 cm³/mol. The van der Waals surface area contributed by atoms with Crippen LogP contribution < -0.4 is 15.4 Å². The number of fused-ring (bicyclic) bond motifs is 3. The van der Waals surface area contributed by atoms with Gasteiger partial charge in [0.25, 0.3) is 0 Å². The maximum atomic E-state index is 8.86. The molecular formula is C23H29N7O2. The number of aryl methyl sites for hydroxylation is 1. The number of aliphatic hydroxyl groups is 1. The highest BCUT2D eigenvalue weighted by atomic mass is 16.5. The van der Waals surface area contributed by atoms with Gasteiger partial charge in [-0.05, 0) is 37.1 Å². The van der Waals surface area contributed by atoms with Crippen LogP contribution in [0.15, 0.2) is 30.3 Å². The smallest absolute Gasteiger partial charge is 0.223 e. The molecule has 0 unspecified atom stereocenters. The Morgan fingerprint density at radius 2 is 1.88 bits per heavy atom. The van der Waals surface area contributed by atoms with Gasteiger partial charge < -0.3 is 20.5 Å². The number of anilines is 2. The van der Waals surface area contributed by atoms with Gasteiger partial charge in [-0.3, -0.25) is 4.90 Å². The summed E-state index contributed by atoms with van der Waals surface area (Å²) in [6.07, 6.45) is 6.77. The predicted octanol–water partition coefficient (Wildman–Crippen LogP) is 1.75. The number of piperazine rings is 1. The van der Waals surface area contributed by atoms with E-state index in [2.05, 4.69) is 44.2 Å². The minimum absolute atomic E-state index is 0.149. The molecule has 2 aromatic heterocycles. The van der Waals surface area contributed by atoms with Crippen LogP contribution in [0.2, 0.25) is 0 Å². The van der Waals surface area contributed by atoms with E-state index in [4.69, 9.17) is 20.6 Å². The Morgan fingerprint density at radius 3 is 2.66 bits per heavy atom. The van der Waals surface area contributed by atoms with Gasteiger partial charge in [-0.25, -0.2) is 9.97 Å². The second-order valence-electron chi connectivity index (χ2n) is 8.22. The molecule has 3 N–H and O–H groups in total. The Bertz CT molecular complexity index is 1100. The fourth-order valence-corrected chi connectivity index (χ4v) is 4.29. The highest BCUT2D eigenvalue weighted by Gasteiger charge is 2.21. The van der Waals surface area contributed by atoms with Crippen LogP contribution in [0.3, 0.4) is 0 Å². The molecule has 3 heterocycles. The molecule has 1 saturated heterocycles. The molecule has 0 spiro atoms. The van der Waals surface area contributed by atoms with Crippen molar-refractivity contribution >= 4 is 23.4 Å². The average Bonchev–Trinajstić information content (AvgIpc) is 3.25. The lowest BCUT2D eigenvalue weighted by Gasteiger charge is -2.35. The summed E-state index contributed by atoms with van der Waals surface area (Å²) in [6, 6.07) is 8.18. The van der Waals surface area contributed by atoms with Gasteiger partial charge in [0.2, 0.25) is 5.95 Å². The molecule has 0 saturated carbocycles. The second-order valence-corrected chi connectivity index (χ2v) is 8.22. The van der Waals surface area contributed by atoms with Gasteiger partial charge in [-0.1, -0.05) is 12.2 Å². The molecule has 9 heteroatoms. The number of allylic oxidation sites excluding steroid dienone is 1. The Kier molecular flexibility index (Phi) is 5.91. The van der Waals surface area contributed by atoms with Crippen LogP contribution in [0.25, 0.3) is 11.7 Å². The maximum Gasteiger partial charge on any atom is 0.223 e. The summed E-state index contributed by atoms with van der Waals surface area (Å²) in [4.78, 5) is 14.1. The van der Waals surface area contributed by atoms with Gasteiger partial charge in [-0.2, -0.15) is 4.52 Å². The number of ether oxygens (including phenoxy) is 1. The number of rotatable bonds is 7. The number of benzene rings is 1. The second kappa shape index (κ2) is 9.13. The largest absolute Gasteiger partial charge is 0.494 e. The number of hydrogen-bond donors (Lipinski definition) is 2. The molecule has 0 amide bonds. The summed E-state index contributed by atoms with van der Waals surface area (Å²) in [6.45, 7) is 5.15. The van der Waals surface area contributed by atoms with Crippen molar-refractivity contribution in [2.24, 2.45) is 0 Å². The topological polar surface area (TPSA) is 105 Å². The Morgan fingerprint density at radius 1 is 1.06 bits per heavy atom. The third-order valence-electron chi connectivity index (χ3n) is 6.01. The van der Waals surface area contributed by atoms with Crippen molar-refractivity contribution in [2.45, 2.75) is 25.8 Å². The minimum Gasteiger partial charge on any atom is -0.494 e. The molecule has 1 aliphatic heterocycles. The van der Waals surface area contributed by atoms with E-state index in [9.17, 15) is 0 Å². The molecule has 1 aliphatic carbocycles. The van der Waals surface area contributed by atoms with Gasteiger partial charge in [0, 0.05) is 50.5 Å². The third kappa shape index (κ3) is 4.26. The van der Waals surface area contributed by atoms with E-state index in [0.717, 1.165) is 67.5 Å². The van der Waals surface area contributed by atoms with Crippen LogP contribution in [0.4, 0.5) is 11.6 Å². The van der Waals surface area contributed by atoms with Gasteiger partial charge in [0.05, 0.1) is 18.8 Å². The number of aliphatic hydroxyl groups excluding tert-OH is 1. The molecule has 9 nitrogen and oxygen atoms in total. The van der Waals surface area contributed by atoms with Crippen molar-refractivity contribution < 1.29 is 9.84 Å². The van der Waals surface area contributed by atoms with E-state index >= 15 is 0 Å². The molecule has 0 bridgehead atoms. The zero-order chi connectivity index (χ0) is 21.9. The number of nitrogens with zero attached hydrogens (tertiary/aromatic N) is 6. The molecule has 1 fully saturated rings. The molecule has 168 valence electrons. The van der Waals surface area contributed by atoms with E-state index in [0.29, 0.717) is 25.5 Å². The number of aromatic nitrogens is 4. The number of nitrogens with two attached hydrogens (primary N) is 1. The van der Waals surface area contributed by atoms with E-state index in [1.165, 1.54) is 5.69 Å². The first kappa shape index (κ1) is 20.7. The minimum atomic E-state index is 0.149. The van der Waals surface area contributed by atoms with Crippen molar-refractivity contribution in [3.05, 3.63) is 47.4 Å². The summed E-state index contributed by atoms with van der Waals surface area (Å²) in [5.74, 6) is 2.02. The van der Waals surface area contributed by atoms with Crippen LogP contribution in [0, 0.1) is 0 Å². The zero-order valence-corrected chi connectivity index (χ0v) is 18.2. The number of nitrogen functional groups attached to an aromatic ring is 1. The van der Waals surface area contributed by atoms with E-state index in [1.807, 2.05) is 12.1 Å². The first-order valence-electron chi connectivity index (χ1n) is 11.2. The first-order chi connectivity index (χ1) is 15.7. The summed E-state index contributed by atoms with van der Waals surface area (Å²) in [7, 11) is 0. The Balaban J connectivity index is 1.21. The lowest BCUT2D eigenvalue weighted by Crippen LogP contribution is -2.46. The quantitative estimate of drug-likeness (QED) is 0.541. The van der Waals surface area contributed by atoms with Crippen molar-refractivity contribution in [3.63, 3.8) is 0 Å². The van der Waals surface area contributed by atoms with Crippen molar-refractivity contribution in [3.8, 4) is 5.75 Å². The van der Waals surface area contributed by atoms with E-state index < -0.39 is 0 Å². The maximum absolute atomic E-state index is 8.86. The fraction of sp³-hybridized carbons (Fsp3) is 0.435. The molecule has 32 heavy (non-hydrogen) atoms. The van der Waals surface area contributed by atoms with E-state index in [-0.39, 0.29) is 6.61 Å². The van der Waals surface area contributed by atoms with Gasteiger partial charge in [-0.15, -0.1) is 5.10 Å². The highest BCUT2D eigenvalue weighted by molar-refractivity contribution is 5.70. The standard InChI is InChI=1S/C23H29N7O2/c24-23-25-20-5-2-1-4-19(20)22-26-21(27-30(22)23)16-28-10-12-29(13-11-28)17-6-8-18(9-7-17)32-15-3-14-31/h1,4,6-9,31H,2-3,5,10-16H2,(H2,24,25). The van der Waals surface area contributed by atoms with Crippen LogP contribution in [0.1, 0.15) is 29.9 Å². The molecule has 0 atom stereocenters. The molecular weight excluding hydrogens is 406 g/mol. The van der Waals surface area contributed by atoms with Crippen LogP contribution >= 0.6 is 0 Å². The summed E-state index contributed by atoms with van der Waals surface area (Å²) >= 11 is 0. The highest BCUT2D eigenvalue weighted by Crippen LogP contribution is 2.24. The van der Waals surface area contributed by atoms with Gasteiger partial charge in [0.1, 0.15) is 5.75 Å². The monoisotopic (exact) mass is 435 g/mol. The van der Waals surface area contributed by atoms with Crippen molar-refractivity contribution in [1.29, 1.82) is 0 Å². The SMILES string of the molecule is Nc1nc2c(c3nc(CN4CCN(c5ccc(OCCCO)cc5)CC4)nn13)C=CCC2. The summed E-state index contributed by atoms with van der Waals surface area (Å²) < 4.78 is 7.29. The van der Waals surface area contributed by atoms with E-state index in [1.54, 1.807) is 4.52 Å². The van der Waals surface area contributed by atoms with Crippen LogP contribution in [-0.2, 0) is 13.0 Å². The fourth-order valence-electron chi connectivity index (χ4n) is 4.29. The lowest BCUT2D eigenvalue weighted by atomic mass is 10.0. The Hall–Kier alpha value is -3.17. The summed E-state index contributed by atoms with van der Waals surface area (Å²) in [5.41, 5.74) is 10.2. The molecule has 5 rings (SSSR count). The van der Waals surface area contributed by atoms with Crippen molar-refractivity contribution in [2.75, 3.05) is 50.0 Å². The molecule has 2 aliphatic rings. The molecule has 1 aromatic carbocycles. The Labute approximate surface area is 187 Å². The molecule has 0 radical (unpaired) electrons. The van der Waals surface area contributed by atoms with Gasteiger partial charge in [0.15, 0.2) is 11.5 Å². The summed E-state index contributed by atoms with van der Waals surface area (Å²) in [5, 5.41) is 13.5. The van der Waals surface area contributed by atoms with Crippen LogP contribution in [0.5, 0.6) is 5.75 Å². The van der Waals surface area contributed by atoms with Crippen molar-refractivity contribution in [1.82, 2.24) is 24.5 Å². The van der Waals surface area contributed by atoms with Crippen LogP contribution in [-0.4, -0.2) is 69.0 Å². The van der Waals surface area contributed by atoms with Gasteiger partial charge >= 0.3 is 0 Å². The first-order valence-corrected chi connectivity index (χ1v) is 11.2. The lowest BCUT2D eigenvalue weighted by molar-refractivity contribution is 0.233. The molecule has 3 aromatic rings. The zero-order valence-electron chi connectivity index (χ0n) is 18.2. The average molecular weight is 436 g/mol.